The Hall–Kier alpha value is -15.0. The van der Waals surface area contributed by atoms with E-state index in [1.54, 1.807) is 0 Å². The van der Waals surface area contributed by atoms with Gasteiger partial charge in [0.05, 0.1) is 55.2 Å². The molecular weight excluding hydrogens is 1350 g/mol. The summed E-state index contributed by atoms with van der Waals surface area (Å²) in [6.07, 6.45) is 0. The summed E-state index contributed by atoms with van der Waals surface area (Å²) in [6.45, 7) is 0. The van der Waals surface area contributed by atoms with Crippen molar-refractivity contribution in [2.45, 2.75) is 0 Å². The summed E-state index contributed by atoms with van der Waals surface area (Å²) in [7, 11) is 0. The van der Waals surface area contributed by atoms with E-state index in [9.17, 15) is 0 Å². The lowest BCUT2D eigenvalue weighted by Crippen LogP contribution is -2.01. The SMILES string of the molecule is c1ccc(-c2nc(-n3c4ccccc4c4c5c6ccc7c(-c8ccc(-c9ccc(-c%10nc(-c%11ccc(-n%12c%13ccccc%13c%13c%14c%15ccc%16ccccc%16c%15n%15c%16ccccc%16c(cc%13%12)c%14%15)cc%11)nc%11c%10oc%10ccccc%10%11)cc9)cc8)cccc7c6n6c7ccccc7c(cc43)c56)c3oc4ccccc4c3n2)cc1. The van der Waals surface area contributed by atoms with E-state index < -0.39 is 0 Å². The zero-order valence-corrected chi connectivity index (χ0v) is 58.6. The second-order valence-electron chi connectivity index (χ2n) is 29.4. The number of nitrogens with zero attached hydrogens (tertiary/aromatic N) is 8. The molecule has 0 aliphatic rings. The molecule has 110 heavy (non-hydrogen) atoms. The van der Waals surface area contributed by atoms with Crippen LogP contribution in [-0.2, 0) is 0 Å². The molecule has 0 unspecified atom stereocenters. The van der Waals surface area contributed by atoms with Gasteiger partial charge in [0.25, 0.3) is 0 Å². The molecule has 26 rings (SSSR count). The van der Waals surface area contributed by atoms with Gasteiger partial charge in [-0.15, -0.1) is 0 Å². The minimum atomic E-state index is 0.626. The van der Waals surface area contributed by atoms with Crippen LogP contribution in [0.2, 0.25) is 0 Å². The molecule has 0 aliphatic carbocycles. The summed E-state index contributed by atoms with van der Waals surface area (Å²) in [6, 6.07) is 118. The molecule has 10 heterocycles. The van der Waals surface area contributed by atoms with Crippen LogP contribution in [0.1, 0.15) is 0 Å². The van der Waals surface area contributed by atoms with E-state index in [1.807, 2.05) is 54.6 Å². The van der Waals surface area contributed by atoms with Crippen LogP contribution in [0.15, 0.2) is 336 Å². The molecule has 10 nitrogen and oxygen atoms in total. The maximum atomic E-state index is 6.83. The van der Waals surface area contributed by atoms with Crippen LogP contribution in [0.5, 0.6) is 0 Å². The first-order chi connectivity index (χ1) is 54.6. The summed E-state index contributed by atoms with van der Waals surface area (Å²) in [5.74, 6) is 1.97. The van der Waals surface area contributed by atoms with E-state index in [0.29, 0.717) is 28.6 Å². The molecule has 26 aromatic rings. The fraction of sp³-hybridized carbons (Fsp3) is 0. The molecule has 506 valence electrons. The highest BCUT2D eigenvalue weighted by Crippen LogP contribution is 2.52. The van der Waals surface area contributed by atoms with Crippen molar-refractivity contribution in [2.75, 3.05) is 0 Å². The van der Waals surface area contributed by atoms with Crippen molar-refractivity contribution < 1.29 is 8.83 Å². The maximum Gasteiger partial charge on any atom is 0.197 e. The van der Waals surface area contributed by atoms with Crippen molar-refractivity contribution in [3.8, 4) is 67.8 Å². The van der Waals surface area contributed by atoms with Crippen molar-refractivity contribution in [2.24, 2.45) is 0 Å². The van der Waals surface area contributed by atoms with Crippen molar-refractivity contribution in [1.29, 1.82) is 0 Å². The number of furan rings is 2. The van der Waals surface area contributed by atoms with Crippen LogP contribution in [-0.4, -0.2) is 37.9 Å². The number of rotatable bonds is 7. The van der Waals surface area contributed by atoms with Crippen LogP contribution in [0, 0.1) is 0 Å². The normalized spacial score (nSPS) is 12.5. The smallest absolute Gasteiger partial charge is 0.197 e. The van der Waals surface area contributed by atoms with Gasteiger partial charge in [-0.2, -0.15) is 0 Å². The van der Waals surface area contributed by atoms with Gasteiger partial charge in [0, 0.05) is 109 Å². The number of para-hydroxylation sites is 6. The van der Waals surface area contributed by atoms with Gasteiger partial charge in [0.2, 0.25) is 0 Å². The number of fused-ring (bicyclic) bond motifs is 30. The molecule has 10 aromatic heterocycles. The van der Waals surface area contributed by atoms with E-state index in [1.165, 1.54) is 119 Å². The molecule has 0 radical (unpaired) electrons. The van der Waals surface area contributed by atoms with Gasteiger partial charge < -0.3 is 22.2 Å². The quantitative estimate of drug-likeness (QED) is 0.158. The van der Waals surface area contributed by atoms with Gasteiger partial charge in [0.1, 0.15) is 27.9 Å². The molecule has 0 saturated heterocycles. The first-order valence-electron chi connectivity index (χ1n) is 37.4. The highest BCUT2D eigenvalue weighted by molar-refractivity contribution is 6.40. The molecule has 0 fully saturated rings. The van der Waals surface area contributed by atoms with Gasteiger partial charge in [-0.25, -0.2) is 19.9 Å². The van der Waals surface area contributed by atoms with E-state index in [2.05, 4.69) is 291 Å². The first-order valence-corrected chi connectivity index (χ1v) is 37.4. The molecule has 0 spiro atoms. The maximum absolute atomic E-state index is 6.83. The van der Waals surface area contributed by atoms with E-state index in [4.69, 9.17) is 28.8 Å². The molecule has 0 saturated carbocycles. The lowest BCUT2D eigenvalue weighted by molar-refractivity contribution is 0.662. The number of benzene rings is 16. The molecule has 0 aliphatic heterocycles. The lowest BCUT2D eigenvalue weighted by Gasteiger charge is -2.11. The predicted molar refractivity (Wildman–Crippen MR) is 452 cm³/mol. The van der Waals surface area contributed by atoms with Crippen LogP contribution in [0.3, 0.4) is 0 Å². The minimum Gasteiger partial charge on any atom is -0.452 e. The summed E-state index contributed by atoms with van der Waals surface area (Å²) >= 11 is 0. The third kappa shape index (κ3) is 7.69. The molecular formula is C100H54N8O2. The molecule has 0 amide bonds. The lowest BCUT2D eigenvalue weighted by atomic mass is 9.94. The Morgan fingerprint density at radius 1 is 0.236 bits per heavy atom. The van der Waals surface area contributed by atoms with Crippen LogP contribution in [0.4, 0.5) is 0 Å². The first kappa shape index (κ1) is 58.3. The summed E-state index contributed by atoms with van der Waals surface area (Å²) in [4.78, 5) is 21.5. The van der Waals surface area contributed by atoms with E-state index in [0.717, 1.165) is 105 Å². The summed E-state index contributed by atoms with van der Waals surface area (Å²) in [5, 5.41) is 21.4. The van der Waals surface area contributed by atoms with Crippen molar-refractivity contribution in [3.63, 3.8) is 0 Å². The van der Waals surface area contributed by atoms with E-state index in [-0.39, 0.29) is 0 Å². The highest BCUT2D eigenvalue weighted by atomic mass is 16.3. The predicted octanol–water partition coefficient (Wildman–Crippen LogP) is 26.2. The topological polar surface area (TPSA) is 96.5 Å². The Morgan fingerprint density at radius 2 is 0.691 bits per heavy atom. The van der Waals surface area contributed by atoms with Crippen molar-refractivity contribution >= 4 is 185 Å². The third-order valence-corrected chi connectivity index (χ3v) is 23.8. The number of aromatic nitrogens is 8. The summed E-state index contributed by atoms with van der Waals surface area (Å²) < 4.78 is 23.4. The second kappa shape index (κ2) is 21.4. The summed E-state index contributed by atoms with van der Waals surface area (Å²) in [5.41, 5.74) is 25.2. The van der Waals surface area contributed by atoms with E-state index >= 15 is 0 Å². The highest BCUT2D eigenvalue weighted by Gasteiger charge is 2.30. The van der Waals surface area contributed by atoms with Crippen molar-refractivity contribution in [3.05, 3.63) is 328 Å². The average Bonchev–Trinajstić information content (AvgIpc) is 1.51. The average molecular weight is 1400 g/mol. The Balaban J connectivity index is 0.575. The Kier molecular flexibility index (Phi) is 11.3. The van der Waals surface area contributed by atoms with Gasteiger partial charge >= 0.3 is 0 Å². The zero-order valence-electron chi connectivity index (χ0n) is 58.6. The fourth-order valence-corrected chi connectivity index (χ4v) is 19.2. The standard InChI is InChI=1S/C100H54N8O2/c1-2-20-60(21-3-1)99-103-91-72-28-11-17-36-84(72)110-97(91)100(104-99)106-80-34-15-9-26-70(80)86-82(106)54-76-67-24-7-13-32-78(67)108-93-68-30-18-29-63(65(68)51-52-74(93)88(86)95(76)108)58-41-37-55(38-42-58)56-39-43-59(44-40-56)89-96-90(71-27-10-16-35-83(71)109-96)102-98(101-89)61-45-48-62(49-46-61)105-79-33-14-8-25-69(79)85-81(105)53-75-66-23-6-12-31-77(66)107-92-64-22-5-4-19-57(64)47-50-73(92)87(85)94(75)107/h1-54H. The van der Waals surface area contributed by atoms with Gasteiger partial charge in [-0.05, 0) is 118 Å². The minimum absolute atomic E-state index is 0.626. The largest absolute Gasteiger partial charge is 0.452 e. The fourth-order valence-electron chi connectivity index (χ4n) is 19.2. The molecule has 0 bridgehead atoms. The van der Waals surface area contributed by atoms with Crippen LogP contribution < -0.4 is 0 Å². The van der Waals surface area contributed by atoms with Gasteiger partial charge in [-0.3, -0.25) is 4.57 Å². The molecule has 0 N–H and O–H groups in total. The molecule has 16 aromatic carbocycles. The van der Waals surface area contributed by atoms with Crippen LogP contribution >= 0.6 is 0 Å². The number of hydrogen-bond acceptors (Lipinski definition) is 6. The Labute approximate surface area is 623 Å². The second-order valence-corrected chi connectivity index (χ2v) is 29.4. The Morgan fingerprint density at radius 3 is 1.34 bits per heavy atom. The Bertz CT molecular complexity index is 8510. The van der Waals surface area contributed by atoms with Gasteiger partial charge in [0.15, 0.2) is 28.6 Å². The zero-order chi connectivity index (χ0) is 71.3. The number of hydrogen-bond donors (Lipinski definition) is 0. The molecule has 0 atom stereocenters. The van der Waals surface area contributed by atoms with Crippen molar-refractivity contribution in [1.82, 2.24) is 37.9 Å². The van der Waals surface area contributed by atoms with Crippen LogP contribution in [0.25, 0.3) is 253 Å². The third-order valence-electron chi connectivity index (χ3n) is 23.8. The molecule has 10 heteroatoms. The monoisotopic (exact) mass is 1400 g/mol. The van der Waals surface area contributed by atoms with Gasteiger partial charge in [-0.1, -0.05) is 243 Å².